The van der Waals surface area contributed by atoms with Gasteiger partial charge < -0.3 is 14.7 Å². The summed E-state index contributed by atoms with van der Waals surface area (Å²) in [7, 11) is -3.35. The number of aromatic nitrogens is 1. The van der Waals surface area contributed by atoms with Crippen molar-refractivity contribution in [2.24, 2.45) is 5.16 Å². The van der Waals surface area contributed by atoms with Crippen LogP contribution < -0.4 is 5.32 Å². The van der Waals surface area contributed by atoms with E-state index < -0.39 is 21.7 Å². The third kappa shape index (κ3) is 5.31. The first kappa shape index (κ1) is 22.4. The molecule has 0 bridgehead atoms. The van der Waals surface area contributed by atoms with Gasteiger partial charge in [-0.15, -0.1) is 11.3 Å². The number of rotatable bonds is 9. The van der Waals surface area contributed by atoms with E-state index in [4.69, 9.17) is 14.7 Å². The molecule has 2 aliphatic rings. The zero-order valence-electron chi connectivity index (χ0n) is 16.9. The number of nitrogens with one attached hydrogen (secondary N) is 1. The average Bonchev–Trinajstić information content (AvgIpc) is 3.34. The van der Waals surface area contributed by atoms with Crippen molar-refractivity contribution in [3.8, 4) is 0 Å². The number of hydrogen-bond donors (Lipinski definition) is 2. The molecule has 1 saturated carbocycles. The SMILES string of the molecule is O=C(O)Cc1cnc(NC(=O)C(=NO[C@@H]2CCOC2)c2ccc(S(=O)(=O)C3CC3)cc2)s1. The molecule has 1 aliphatic heterocycles. The predicted octanol–water partition coefficient (Wildman–Crippen LogP) is 1.85. The van der Waals surface area contributed by atoms with E-state index in [1.54, 1.807) is 0 Å². The summed E-state index contributed by atoms with van der Waals surface area (Å²) in [5.74, 6) is -1.61. The molecule has 2 heterocycles. The van der Waals surface area contributed by atoms with Crippen LogP contribution in [0.15, 0.2) is 40.5 Å². The molecule has 2 fully saturated rings. The average molecular weight is 480 g/mol. The van der Waals surface area contributed by atoms with Crippen molar-refractivity contribution in [2.75, 3.05) is 18.5 Å². The van der Waals surface area contributed by atoms with Gasteiger partial charge in [-0.1, -0.05) is 17.3 Å². The van der Waals surface area contributed by atoms with E-state index in [1.807, 2.05) is 0 Å². The number of oxime groups is 1. The summed E-state index contributed by atoms with van der Waals surface area (Å²) in [5, 5.41) is 15.4. The van der Waals surface area contributed by atoms with Crippen molar-refractivity contribution in [3.63, 3.8) is 0 Å². The smallest absolute Gasteiger partial charge is 0.308 e. The number of thiazole rings is 1. The number of anilines is 1. The van der Waals surface area contributed by atoms with Gasteiger partial charge in [0, 0.05) is 23.1 Å². The van der Waals surface area contributed by atoms with Crippen LogP contribution in [-0.2, 0) is 35.4 Å². The quantitative estimate of drug-likeness (QED) is 0.410. The standard InChI is InChI=1S/C20H21N3O7S2/c24-17(25)9-14-10-21-20(31-14)22-19(26)18(23-30-13-7-8-29-11-13)12-1-3-15(4-2-12)32(27,28)16-5-6-16/h1-4,10,13,16H,5-9,11H2,(H,24,25)(H,21,22,26)/t13-/m1/s1. The van der Waals surface area contributed by atoms with Crippen molar-refractivity contribution in [1.29, 1.82) is 0 Å². The Morgan fingerprint density at radius 1 is 1.25 bits per heavy atom. The molecule has 1 amide bonds. The maximum atomic E-state index is 12.9. The minimum absolute atomic E-state index is 0.0535. The number of hydrogen-bond acceptors (Lipinski definition) is 9. The Morgan fingerprint density at radius 3 is 2.62 bits per heavy atom. The van der Waals surface area contributed by atoms with E-state index in [0.29, 0.717) is 42.9 Å². The summed E-state index contributed by atoms with van der Waals surface area (Å²) in [6.45, 7) is 0.906. The maximum absolute atomic E-state index is 12.9. The fraction of sp³-hybridized carbons (Fsp3) is 0.400. The fourth-order valence-corrected chi connectivity index (χ4v) is 5.53. The van der Waals surface area contributed by atoms with Crippen LogP contribution in [0.5, 0.6) is 0 Å². The highest BCUT2D eigenvalue weighted by atomic mass is 32.2. The van der Waals surface area contributed by atoms with Crippen LogP contribution in [0.2, 0.25) is 0 Å². The van der Waals surface area contributed by atoms with Crippen LogP contribution in [-0.4, -0.2) is 60.7 Å². The van der Waals surface area contributed by atoms with Gasteiger partial charge in [-0.3, -0.25) is 14.9 Å². The number of carbonyl (C=O) groups is 2. The normalized spacial score (nSPS) is 19.0. The Balaban J connectivity index is 1.55. The summed E-state index contributed by atoms with van der Waals surface area (Å²) in [6.07, 6.45) is 2.87. The van der Waals surface area contributed by atoms with Crippen LogP contribution >= 0.6 is 11.3 Å². The number of nitrogens with zero attached hydrogens (tertiary/aromatic N) is 2. The van der Waals surface area contributed by atoms with Crippen LogP contribution in [0.3, 0.4) is 0 Å². The monoisotopic (exact) mass is 479 g/mol. The Kier molecular flexibility index (Phi) is 6.53. The van der Waals surface area contributed by atoms with Crippen LogP contribution in [0.1, 0.15) is 29.7 Å². The van der Waals surface area contributed by atoms with Crippen molar-refractivity contribution in [2.45, 2.75) is 41.9 Å². The molecular formula is C20H21N3O7S2. The molecule has 4 rings (SSSR count). The van der Waals surface area contributed by atoms with E-state index in [0.717, 1.165) is 11.3 Å². The molecule has 1 aromatic heterocycles. The van der Waals surface area contributed by atoms with Gasteiger partial charge in [-0.2, -0.15) is 0 Å². The van der Waals surface area contributed by atoms with Gasteiger partial charge in [-0.05, 0) is 25.0 Å². The number of carboxylic acid groups (broad SMARTS) is 1. The van der Waals surface area contributed by atoms with Crippen LogP contribution in [0.4, 0.5) is 5.13 Å². The molecule has 1 saturated heterocycles. The van der Waals surface area contributed by atoms with Crippen molar-refractivity contribution < 1.29 is 32.7 Å². The third-order valence-corrected chi connectivity index (χ3v) is 8.11. The number of carbonyl (C=O) groups excluding carboxylic acids is 1. The highest BCUT2D eigenvalue weighted by Crippen LogP contribution is 2.33. The number of ether oxygens (including phenoxy) is 1. The first-order valence-electron chi connectivity index (χ1n) is 9.96. The number of carboxylic acids is 1. The molecule has 170 valence electrons. The number of aliphatic carboxylic acids is 1. The minimum Gasteiger partial charge on any atom is -0.481 e. The fourth-order valence-electron chi connectivity index (χ4n) is 3.07. The van der Waals surface area contributed by atoms with Gasteiger partial charge in [0.2, 0.25) is 0 Å². The lowest BCUT2D eigenvalue weighted by molar-refractivity contribution is -0.136. The molecule has 1 aliphatic carbocycles. The van der Waals surface area contributed by atoms with Crippen molar-refractivity contribution in [3.05, 3.63) is 40.9 Å². The first-order valence-corrected chi connectivity index (χ1v) is 12.3. The Labute approximate surface area is 188 Å². The second-order valence-corrected chi connectivity index (χ2v) is 10.8. The molecule has 12 heteroatoms. The molecule has 2 aromatic rings. The topological polar surface area (TPSA) is 144 Å². The third-order valence-electron chi connectivity index (χ3n) is 4.92. The van der Waals surface area contributed by atoms with Crippen molar-refractivity contribution in [1.82, 2.24) is 4.98 Å². The predicted molar refractivity (Wildman–Crippen MR) is 116 cm³/mol. The molecule has 32 heavy (non-hydrogen) atoms. The summed E-state index contributed by atoms with van der Waals surface area (Å²) in [6, 6.07) is 5.94. The Bertz CT molecular complexity index is 1130. The second-order valence-electron chi connectivity index (χ2n) is 7.46. The maximum Gasteiger partial charge on any atom is 0.308 e. The molecule has 10 nitrogen and oxygen atoms in total. The molecule has 0 radical (unpaired) electrons. The molecule has 1 atom stereocenters. The zero-order valence-corrected chi connectivity index (χ0v) is 18.5. The lowest BCUT2D eigenvalue weighted by atomic mass is 10.1. The van der Waals surface area contributed by atoms with Crippen molar-refractivity contribution >= 4 is 43.9 Å². The number of amides is 1. The molecule has 0 unspecified atom stereocenters. The molecule has 1 aromatic carbocycles. The van der Waals surface area contributed by atoms with E-state index in [9.17, 15) is 18.0 Å². The van der Waals surface area contributed by atoms with Gasteiger partial charge >= 0.3 is 5.97 Å². The lowest BCUT2D eigenvalue weighted by Gasteiger charge is -2.10. The van der Waals surface area contributed by atoms with E-state index >= 15 is 0 Å². The molecule has 2 N–H and O–H groups in total. The van der Waals surface area contributed by atoms with E-state index in [-0.39, 0.29) is 33.5 Å². The summed E-state index contributed by atoms with van der Waals surface area (Å²) >= 11 is 1.04. The number of benzene rings is 1. The van der Waals surface area contributed by atoms with Gasteiger partial charge in [0.15, 0.2) is 26.8 Å². The lowest BCUT2D eigenvalue weighted by Crippen LogP contribution is -2.25. The largest absolute Gasteiger partial charge is 0.481 e. The van der Waals surface area contributed by atoms with Gasteiger partial charge in [-0.25, -0.2) is 13.4 Å². The highest BCUT2D eigenvalue weighted by molar-refractivity contribution is 7.92. The second kappa shape index (κ2) is 9.35. The van der Waals surface area contributed by atoms with Gasteiger partial charge in [0.05, 0.1) is 29.8 Å². The minimum atomic E-state index is -3.35. The zero-order chi connectivity index (χ0) is 22.7. The van der Waals surface area contributed by atoms with Crippen LogP contribution in [0.25, 0.3) is 0 Å². The molecule has 0 spiro atoms. The van der Waals surface area contributed by atoms with E-state index in [2.05, 4.69) is 15.5 Å². The summed E-state index contributed by atoms with van der Waals surface area (Å²) in [4.78, 5) is 34.0. The first-order chi connectivity index (χ1) is 15.3. The van der Waals surface area contributed by atoms with E-state index in [1.165, 1.54) is 30.5 Å². The molecular weight excluding hydrogens is 458 g/mol. The van der Waals surface area contributed by atoms with Gasteiger partial charge in [0.1, 0.15) is 0 Å². The van der Waals surface area contributed by atoms with Crippen LogP contribution in [0, 0.1) is 0 Å². The van der Waals surface area contributed by atoms with Gasteiger partial charge in [0.25, 0.3) is 5.91 Å². The Hall–Kier alpha value is -2.83. The summed E-state index contributed by atoms with van der Waals surface area (Å²) < 4.78 is 30.1. The highest BCUT2D eigenvalue weighted by Gasteiger charge is 2.36. The Morgan fingerprint density at radius 2 is 2.00 bits per heavy atom. The number of sulfone groups is 1. The summed E-state index contributed by atoms with van der Waals surface area (Å²) in [5.41, 5.74) is 0.320.